The van der Waals surface area contributed by atoms with Crippen molar-refractivity contribution < 1.29 is 4.39 Å². The Balaban J connectivity index is 1.78. The molecule has 1 heterocycles. The molecule has 1 aromatic rings. The molecule has 0 saturated carbocycles. The second-order valence-electron chi connectivity index (χ2n) is 6.29. The quantitative estimate of drug-likeness (QED) is 0.647. The fraction of sp³-hybridized carbons (Fsp3) is 0.611. The fourth-order valence-corrected chi connectivity index (χ4v) is 3.00. The standard InChI is InChI=1S/C18H29FN4/c1-4-23-9-5-6-16(13-23)12-22-18(20-3)21-11-15-8-7-14(2)17(19)10-15/h7-8,10,16H,4-6,9,11-13H2,1-3H3,(H2,20,21,22). The minimum atomic E-state index is -0.158. The number of nitrogens with one attached hydrogen (secondary N) is 2. The lowest BCUT2D eigenvalue weighted by atomic mass is 9.98. The molecule has 1 saturated heterocycles. The molecular formula is C18H29FN4. The van der Waals surface area contributed by atoms with E-state index in [4.69, 9.17) is 0 Å². The lowest BCUT2D eigenvalue weighted by molar-refractivity contribution is 0.183. The number of rotatable bonds is 5. The van der Waals surface area contributed by atoms with Crippen molar-refractivity contribution in [3.05, 3.63) is 35.1 Å². The molecule has 5 heteroatoms. The third-order valence-corrected chi connectivity index (χ3v) is 4.53. The van der Waals surface area contributed by atoms with Gasteiger partial charge < -0.3 is 15.5 Å². The number of guanidine groups is 1. The number of piperidine rings is 1. The van der Waals surface area contributed by atoms with Crippen LogP contribution in [0, 0.1) is 18.7 Å². The maximum Gasteiger partial charge on any atom is 0.191 e. The van der Waals surface area contributed by atoms with Gasteiger partial charge in [-0.25, -0.2) is 4.39 Å². The molecule has 1 fully saturated rings. The van der Waals surface area contributed by atoms with Gasteiger partial charge in [0.1, 0.15) is 5.82 Å². The van der Waals surface area contributed by atoms with Crippen molar-refractivity contribution in [2.75, 3.05) is 33.2 Å². The van der Waals surface area contributed by atoms with Gasteiger partial charge in [-0.3, -0.25) is 4.99 Å². The molecule has 0 amide bonds. The van der Waals surface area contributed by atoms with E-state index in [0.29, 0.717) is 18.0 Å². The zero-order chi connectivity index (χ0) is 16.7. The van der Waals surface area contributed by atoms with Gasteiger partial charge in [0, 0.05) is 26.7 Å². The second-order valence-corrected chi connectivity index (χ2v) is 6.29. The Hall–Kier alpha value is -1.62. The highest BCUT2D eigenvalue weighted by Crippen LogP contribution is 2.15. The van der Waals surface area contributed by atoms with Crippen molar-refractivity contribution in [1.29, 1.82) is 0 Å². The first kappa shape index (κ1) is 17.7. The number of nitrogens with zero attached hydrogens (tertiary/aromatic N) is 2. The average molecular weight is 320 g/mol. The monoisotopic (exact) mass is 320 g/mol. The van der Waals surface area contributed by atoms with Crippen LogP contribution in [0.1, 0.15) is 30.9 Å². The van der Waals surface area contributed by atoms with Crippen LogP contribution < -0.4 is 10.6 Å². The number of likely N-dealkylation sites (tertiary alicyclic amines) is 1. The SMILES string of the molecule is CCN1CCCC(CNC(=NC)NCc2ccc(C)c(F)c2)C1. The lowest BCUT2D eigenvalue weighted by Crippen LogP contribution is -2.44. The van der Waals surface area contributed by atoms with E-state index in [1.54, 1.807) is 20.0 Å². The van der Waals surface area contributed by atoms with Crippen LogP contribution in [0.25, 0.3) is 0 Å². The molecule has 2 N–H and O–H groups in total. The molecule has 0 spiro atoms. The van der Waals surface area contributed by atoms with Crippen LogP contribution in [0.5, 0.6) is 0 Å². The van der Waals surface area contributed by atoms with Crippen molar-refractivity contribution in [2.45, 2.75) is 33.2 Å². The van der Waals surface area contributed by atoms with Crippen molar-refractivity contribution in [2.24, 2.45) is 10.9 Å². The molecule has 0 aromatic heterocycles. The van der Waals surface area contributed by atoms with Gasteiger partial charge in [0.15, 0.2) is 5.96 Å². The molecular weight excluding hydrogens is 291 g/mol. The minimum Gasteiger partial charge on any atom is -0.356 e. The summed E-state index contributed by atoms with van der Waals surface area (Å²) in [5, 5.41) is 6.65. The van der Waals surface area contributed by atoms with Crippen LogP contribution in [0.4, 0.5) is 4.39 Å². The molecule has 0 radical (unpaired) electrons. The summed E-state index contributed by atoms with van der Waals surface area (Å²) in [6.45, 7) is 9.00. The molecule has 1 aliphatic rings. The third-order valence-electron chi connectivity index (χ3n) is 4.53. The summed E-state index contributed by atoms with van der Waals surface area (Å²) in [7, 11) is 1.77. The molecule has 0 aliphatic carbocycles. The minimum absolute atomic E-state index is 0.158. The van der Waals surface area contributed by atoms with Gasteiger partial charge >= 0.3 is 0 Å². The van der Waals surface area contributed by atoms with E-state index < -0.39 is 0 Å². The Morgan fingerprint density at radius 2 is 2.22 bits per heavy atom. The molecule has 4 nitrogen and oxygen atoms in total. The second kappa shape index (κ2) is 8.87. The summed E-state index contributed by atoms with van der Waals surface area (Å²) in [4.78, 5) is 6.75. The highest BCUT2D eigenvalue weighted by atomic mass is 19.1. The van der Waals surface area contributed by atoms with Crippen molar-refractivity contribution >= 4 is 5.96 Å². The smallest absolute Gasteiger partial charge is 0.191 e. The van der Waals surface area contributed by atoms with Gasteiger partial charge in [0.05, 0.1) is 0 Å². The van der Waals surface area contributed by atoms with Crippen LogP contribution in [0.2, 0.25) is 0 Å². The number of hydrogen-bond acceptors (Lipinski definition) is 2. The Labute approximate surface area is 139 Å². The number of hydrogen-bond donors (Lipinski definition) is 2. The van der Waals surface area contributed by atoms with Crippen molar-refractivity contribution in [3.8, 4) is 0 Å². The largest absolute Gasteiger partial charge is 0.356 e. The third kappa shape index (κ3) is 5.50. The molecule has 1 aliphatic heterocycles. The first-order chi connectivity index (χ1) is 11.1. The summed E-state index contributed by atoms with van der Waals surface area (Å²) in [6, 6.07) is 5.33. The number of aryl methyl sites for hydroxylation is 1. The van der Waals surface area contributed by atoms with Gasteiger partial charge in [0.2, 0.25) is 0 Å². The highest BCUT2D eigenvalue weighted by molar-refractivity contribution is 5.79. The van der Waals surface area contributed by atoms with Gasteiger partial charge in [-0.2, -0.15) is 0 Å². The average Bonchev–Trinajstić information content (AvgIpc) is 2.58. The summed E-state index contributed by atoms with van der Waals surface area (Å²) < 4.78 is 13.6. The lowest BCUT2D eigenvalue weighted by Gasteiger charge is -2.32. The predicted molar refractivity (Wildman–Crippen MR) is 94.2 cm³/mol. The summed E-state index contributed by atoms with van der Waals surface area (Å²) in [6.07, 6.45) is 2.54. The summed E-state index contributed by atoms with van der Waals surface area (Å²) in [5.41, 5.74) is 1.60. The van der Waals surface area contributed by atoms with Crippen molar-refractivity contribution in [1.82, 2.24) is 15.5 Å². The van der Waals surface area contributed by atoms with E-state index in [0.717, 1.165) is 31.2 Å². The molecule has 1 aromatic carbocycles. The number of benzene rings is 1. The molecule has 1 unspecified atom stereocenters. The van der Waals surface area contributed by atoms with Crippen LogP contribution in [-0.2, 0) is 6.54 Å². The van der Waals surface area contributed by atoms with E-state index in [-0.39, 0.29) is 5.82 Å². The predicted octanol–water partition coefficient (Wildman–Crippen LogP) is 2.53. The molecule has 128 valence electrons. The maximum atomic E-state index is 13.6. The highest BCUT2D eigenvalue weighted by Gasteiger charge is 2.18. The number of halogens is 1. The van der Waals surface area contributed by atoms with Crippen molar-refractivity contribution in [3.63, 3.8) is 0 Å². The number of aliphatic imine (C=N–C) groups is 1. The Kier molecular flexibility index (Phi) is 6.84. The van der Waals surface area contributed by atoms with Crippen LogP contribution in [-0.4, -0.2) is 44.1 Å². The first-order valence-corrected chi connectivity index (χ1v) is 8.54. The zero-order valence-corrected chi connectivity index (χ0v) is 14.5. The first-order valence-electron chi connectivity index (χ1n) is 8.54. The normalized spacial score (nSPS) is 19.7. The zero-order valence-electron chi connectivity index (χ0n) is 14.5. The van der Waals surface area contributed by atoms with Gasteiger partial charge in [-0.15, -0.1) is 0 Å². The molecule has 23 heavy (non-hydrogen) atoms. The van der Waals surface area contributed by atoms with E-state index in [1.807, 2.05) is 12.1 Å². The molecule has 0 bridgehead atoms. The van der Waals surface area contributed by atoms with E-state index in [9.17, 15) is 4.39 Å². The Morgan fingerprint density at radius 1 is 1.39 bits per heavy atom. The van der Waals surface area contributed by atoms with E-state index >= 15 is 0 Å². The maximum absolute atomic E-state index is 13.6. The topological polar surface area (TPSA) is 39.7 Å². The van der Waals surface area contributed by atoms with Crippen LogP contribution >= 0.6 is 0 Å². The summed E-state index contributed by atoms with van der Waals surface area (Å²) >= 11 is 0. The molecule has 1 atom stereocenters. The molecule has 2 rings (SSSR count). The van der Waals surface area contributed by atoms with E-state index in [2.05, 4.69) is 27.4 Å². The van der Waals surface area contributed by atoms with Gasteiger partial charge in [0.25, 0.3) is 0 Å². The van der Waals surface area contributed by atoms with Gasteiger partial charge in [-0.1, -0.05) is 19.1 Å². The Morgan fingerprint density at radius 3 is 2.91 bits per heavy atom. The fourth-order valence-electron chi connectivity index (χ4n) is 3.00. The van der Waals surface area contributed by atoms with Crippen LogP contribution in [0.15, 0.2) is 23.2 Å². The van der Waals surface area contributed by atoms with Crippen LogP contribution in [0.3, 0.4) is 0 Å². The Bertz CT molecular complexity index is 530. The summed E-state index contributed by atoms with van der Waals surface area (Å²) in [5.74, 6) is 1.28. The van der Waals surface area contributed by atoms with E-state index in [1.165, 1.54) is 19.4 Å². The van der Waals surface area contributed by atoms with Gasteiger partial charge in [-0.05, 0) is 56.0 Å².